The van der Waals surface area contributed by atoms with Crippen molar-refractivity contribution in [1.82, 2.24) is 4.90 Å². The first-order valence-corrected chi connectivity index (χ1v) is 6.38. The average molecular weight is 234 g/mol. The van der Waals surface area contributed by atoms with E-state index in [4.69, 9.17) is 10.5 Å². The van der Waals surface area contributed by atoms with Gasteiger partial charge in [0.2, 0.25) is 0 Å². The maximum Gasteiger partial charge on any atom is 0.0619 e. The van der Waals surface area contributed by atoms with Gasteiger partial charge >= 0.3 is 0 Å². The molecule has 0 spiro atoms. The highest BCUT2D eigenvalue weighted by atomic mass is 16.5. The molecule has 2 rings (SSSR count). The minimum absolute atomic E-state index is 0.428. The molecule has 2 unspecified atom stereocenters. The molecule has 0 saturated carbocycles. The van der Waals surface area contributed by atoms with Crippen LogP contribution in [0.5, 0.6) is 0 Å². The smallest absolute Gasteiger partial charge is 0.0619 e. The maximum absolute atomic E-state index is 5.91. The van der Waals surface area contributed by atoms with Crippen LogP contribution in [0.2, 0.25) is 0 Å². The summed E-state index contributed by atoms with van der Waals surface area (Å²) in [7, 11) is 0. The molecule has 17 heavy (non-hydrogen) atoms. The fourth-order valence-electron chi connectivity index (χ4n) is 2.36. The van der Waals surface area contributed by atoms with Crippen LogP contribution in [0.1, 0.15) is 18.4 Å². The lowest BCUT2D eigenvalue weighted by Gasteiger charge is -2.35. The minimum Gasteiger partial charge on any atom is -0.379 e. The fourth-order valence-corrected chi connectivity index (χ4v) is 2.36. The monoisotopic (exact) mass is 234 g/mol. The van der Waals surface area contributed by atoms with Crippen molar-refractivity contribution in [3.8, 4) is 0 Å². The number of morpholine rings is 1. The van der Waals surface area contributed by atoms with Crippen molar-refractivity contribution in [2.45, 2.75) is 18.9 Å². The van der Waals surface area contributed by atoms with Crippen molar-refractivity contribution >= 4 is 0 Å². The van der Waals surface area contributed by atoms with Crippen LogP contribution in [0, 0.1) is 0 Å². The summed E-state index contributed by atoms with van der Waals surface area (Å²) in [5, 5.41) is 0. The summed E-state index contributed by atoms with van der Waals surface area (Å²) < 4.78 is 5.46. The Kier molecular flexibility index (Phi) is 4.54. The van der Waals surface area contributed by atoms with E-state index >= 15 is 0 Å². The van der Waals surface area contributed by atoms with Gasteiger partial charge < -0.3 is 10.5 Å². The number of hydrogen-bond donors (Lipinski definition) is 1. The van der Waals surface area contributed by atoms with Crippen molar-refractivity contribution in [3.63, 3.8) is 0 Å². The summed E-state index contributed by atoms with van der Waals surface area (Å²) in [6.45, 7) is 6.66. The Bertz CT molecular complexity index is 328. The first-order chi connectivity index (χ1) is 8.31. The molecule has 1 heterocycles. The van der Waals surface area contributed by atoms with Crippen LogP contribution in [0.25, 0.3) is 0 Å². The van der Waals surface area contributed by atoms with Gasteiger partial charge in [0.05, 0.1) is 13.2 Å². The fraction of sp³-hybridized carbons (Fsp3) is 0.571. The van der Waals surface area contributed by atoms with Gasteiger partial charge in [-0.1, -0.05) is 30.3 Å². The van der Waals surface area contributed by atoms with E-state index in [1.807, 2.05) is 0 Å². The summed E-state index contributed by atoms with van der Waals surface area (Å²) in [6, 6.07) is 11.1. The molecule has 1 saturated heterocycles. The van der Waals surface area contributed by atoms with E-state index < -0.39 is 0 Å². The Hall–Kier alpha value is -0.900. The normalized spacial score (nSPS) is 23.5. The molecule has 0 aliphatic carbocycles. The van der Waals surface area contributed by atoms with Gasteiger partial charge in [-0.15, -0.1) is 0 Å². The minimum atomic E-state index is 0.428. The second-order valence-corrected chi connectivity index (χ2v) is 4.76. The summed E-state index contributed by atoms with van der Waals surface area (Å²) in [4.78, 5) is 2.48. The van der Waals surface area contributed by atoms with E-state index in [9.17, 15) is 0 Å². The Morgan fingerprint density at radius 2 is 2.18 bits per heavy atom. The summed E-state index contributed by atoms with van der Waals surface area (Å²) in [5.74, 6) is 0.428. The molecule has 1 aromatic rings. The van der Waals surface area contributed by atoms with Gasteiger partial charge in [-0.05, 0) is 12.5 Å². The Balaban J connectivity index is 1.99. The zero-order chi connectivity index (χ0) is 12.1. The van der Waals surface area contributed by atoms with Gasteiger partial charge in [0.1, 0.15) is 0 Å². The van der Waals surface area contributed by atoms with Crippen LogP contribution in [0.3, 0.4) is 0 Å². The third kappa shape index (κ3) is 3.28. The third-order valence-electron chi connectivity index (χ3n) is 3.52. The number of rotatable bonds is 4. The highest BCUT2D eigenvalue weighted by molar-refractivity contribution is 5.20. The SMILES string of the molecule is CC1COCCN1CC(CN)c1ccccc1. The molecule has 0 bridgehead atoms. The van der Waals surface area contributed by atoms with Crippen molar-refractivity contribution < 1.29 is 4.74 Å². The van der Waals surface area contributed by atoms with Crippen LogP contribution in [0.15, 0.2) is 30.3 Å². The molecule has 3 heteroatoms. The van der Waals surface area contributed by atoms with Gasteiger partial charge in [0.15, 0.2) is 0 Å². The van der Waals surface area contributed by atoms with Crippen LogP contribution in [-0.4, -0.2) is 43.8 Å². The van der Waals surface area contributed by atoms with Crippen molar-refractivity contribution in [2.24, 2.45) is 5.73 Å². The van der Waals surface area contributed by atoms with Gasteiger partial charge in [0.25, 0.3) is 0 Å². The molecule has 2 N–H and O–H groups in total. The van der Waals surface area contributed by atoms with Crippen molar-refractivity contribution in [1.29, 1.82) is 0 Å². The zero-order valence-corrected chi connectivity index (χ0v) is 10.5. The van der Waals surface area contributed by atoms with Crippen molar-refractivity contribution in [2.75, 3.05) is 32.8 Å². The molecular formula is C14H22N2O. The van der Waals surface area contributed by atoms with E-state index in [1.54, 1.807) is 0 Å². The van der Waals surface area contributed by atoms with Crippen LogP contribution in [0.4, 0.5) is 0 Å². The van der Waals surface area contributed by atoms with E-state index in [-0.39, 0.29) is 0 Å². The van der Waals surface area contributed by atoms with Crippen molar-refractivity contribution in [3.05, 3.63) is 35.9 Å². The second-order valence-electron chi connectivity index (χ2n) is 4.76. The quantitative estimate of drug-likeness (QED) is 0.857. The van der Waals surface area contributed by atoms with E-state index in [0.717, 1.165) is 26.3 Å². The molecule has 0 aromatic heterocycles. The van der Waals surface area contributed by atoms with Crippen LogP contribution >= 0.6 is 0 Å². The van der Waals surface area contributed by atoms with Crippen LogP contribution < -0.4 is 5.73 Å². The standard InChI is InChI=1S/C14H22N2O/c1-12-11-17-8-7-16(12)10-14(9-15)13-5-3-2-4-6-13/h2-6,12,14H,7-11,15H2,1H3. The Labute approximate surface area is 104 Å². The largest absolute Gasteiger partial charge is 0.379 e. The maximum atomic E-state index is 5.91. The van der Waals surface area contributed by atoms with Gasteiger partial charge in [0, 0.05) is 31.6 Å². The van der Waals surface area contributed by atoms with E-state index in [1.165, 1.54) is 5.56 Å². The lowest BCUT2D eigenvalue weighted by Crippen LogP contribution is -2.46. The first kappa shape index (κ1) is 12.6. The lowest BCUT2D eigenvalue weighted by atomic mass is 9.98. The Morgan fingerprint density at radius 3 is 2.82 bits per heavy atom. The summed E-state index contributed by atoms with van der Waals surface area (Å²) in [5.41, 5.74) is 7.25. The zero-order valence-electron chi connectivity index (χ0n) is 10.5. The molecule has 1 aliphatic heterocycles. The molecule has 0 amide bonds. The third-order valence-corrected chi connectivity index (χ3v) is 3.52. The predicted molar refractivity (Wildman–Crippen MR) is 70.1 cm³/mol. The number of nitrogens with zero attached hydrogens (tertiary/aromatic N) is 1. The average Bonchev–Trinajstić information content (AvgIpc) is 2.39. The van der Waals surface area contributed by atoms with E-state index in [0.29, 0.717) is 18.5 Å². The first-order valence-electron chi connectivity index (χ1n) is 6.38. The highest BCUT2D eigenvalue weighted by Gasteiger charge is 2.22. The molecular weight excluding hydrogens is 212 g/mol. The molecule has 0 radical (unpaired) electrons. The van der Waals surface area contributed by atoms with E-state index in [2.05, 4.69) is 42.2 Å². The number of ether oxygens (including phenoxy) is 1. The highest BCUT2D eigenvalue weighted by Crippen LogP contribution is 2.18. The molecule has 1 fully saturated rings. The summed E-state index contributed by atoms with van der Waals surface area (Å²) in [6.07, 6.45) is 0. The molecule has 1 aromatic carbocycles. The Morgan fingerprint density at radius 1 is 1.41 bits per heavy atom. The van der Waals surface area contributed by atoms with Gasteiger partial charge in [-0.3, -0.25) is 4.90 Å². The number of nitrogens with two attached hydrogens (primary N) is 1. The molecule has 3 nitrogen and oxygen atoms in total. The predicted octanol–water partition coefficient (Wildman–Crippen LogP) is 1.45. The number of benzene rings is 1. The lowest BCUT2D eigenvalue weighted by molar-refractivity contribution is -0.00270. The summed E-state index contributed by atoms with van der Waals surface area (Å²) >= 11 is 0. The molecule has 1 aliphatic rings. The topological polar surface area (TPSA) is 38.5 Å². The van der Waals surface area contributed by atoms with Gasteiger partial charge in [-0.2, -0.15) is 0 Å². The number of hydrogen-bond acceptors (Lipinski definition) is 3. The molecule has 2 atom stereocenters. The molecule has 94 valence electrons. The van der Waals surface area contributed by atoms with Crippen LogP contribution in [-0.2, 0) is 4.74 Å². The second kappa shape index (κ2) is 6.15. The van der Waals surface area contributed by atoms with Gasteiger partial charge in [-0.25, -0.2) is 0 Å².